The van der Waals surface area contributed by atoms with Crippen LogP contribution in [0.15, 0.2) is 48.5 Å². The molecule has 0 heterocycles. The minimum atomic E-state index is -5.08. The van der Waals surface area contributed by atoms with Crippen molar-refractivity contribution >= 4 is 17.7 Å². The molecule has 0 bridgehead atoms. The summed E-state index contributed by atoms with van der Waals surface area (Å²) in [6, 6.07) is 14.9. The predicted molar refractivity (Wildman–Crippen MR) is 110 cm³/mol. The summed E-state index contributed by atoms with van der Waals surface area (Å²) in [5.41, 5.74) is 2.04. The Hall–Kier alpha value is -0.0636. The second kappa shape index (κ2) is 11.2. The van der Waals surface area contributed by atoms with Gasteiger partial charge in [-0.25, -0.2) is 8.42 Å². The quantitative estimate of drug-likeness (QED) is 0.330. The molecule has 0 aromatic heterocycles. The molecular formula is C20H26KO7PS. The van der Waals surface area contributed by atoms with Crippen LogP contribution in [-0.2, 0) is 26.5 Å². The van der Waals surface area contributed by atoms with E-state index in [9.17, 15) is 17.5 Å². The average molecular weight is 481 g/mol. The SMILES string of the molecule is CC(C)(C)c1ccc(Oc2cccc(CCCC(P(=O)(O)O)S(=O)(=O)[O-])c2)cc1.[K+]. The summed E-state index contributed by atoms with van der Waals surface area (Å²) in [6.45, 7) is 6.38. The van der Waals surface area contributed by atoms with Gasteiger partial charge < -0.3 is 19.1 Å². The van der Waals surface area contributed by atoms with Gasteiger partial charge in [-0.05, 0) is 60.1 Å². The van der Waals surface area contributed by atoms with Crippen molar-refractivity contribution in [2.24, 2.45) is 0 Å². The van der Waals surface area contributed by atoms with Crippen LogP contribution in [0.25, 0.3) is 0 Å². The maximum Gasteiger partial charge on any atom is 1.00 e. The van der Waals surface area contributed by atoms with E-state index in [-0.39, 0.29) is 63.2 Å². The van der Waals surface area contributed by atoms with Crippen LogP contribution < -0.4 is 56.1 Å². The third-order valence-corrected chi connectivity index (χ3v) is 7.99. The Labute approximate surface area is 220 Å². The predicted octanol–water partition coefficient (Wildman–Crippen LogP) is 1.15. The first kappa shape index (κ1) is 28.0. The Kier molecular flexibility index (Phi) is 10.4. The summed E-state index contributed by atoms with van der Waals surface area (Å²) < 4.78 is 50.4. The fraction of sp³-hybridized carbons (Fsp3) is 0.400. The fourth-order valence-corrected chi connectivity index (χ4v) is 5.20. The Balaban J connectivity index is 0.00000450. The number of hydrogen-bond donors (Lipinski definition) is 2. The Morgan fingerprint density at radius 3 is 2.17 bits per heavy atom. The first-order valence-corrected chi connectivity index (χ1v) is 12.3. The van der Waals surface area contributed by atoms with Gasteiger partial charge in [-0.1, -0.05) is 45.0 Å². The van der Waals surface area contributed by atoms with Crippen molar-refractivity contribution in [3.8, 4) is 11.5 Å². The molecule has 0 radical (unpaired) electrons. The van der Waals surface area contributed by atoms with E-state index in [2.05, 4.69) is 20.8 Å². The molecule has 2 aromatic carbocycles. The van der Waals surface area contributed by atoms with Gasteiger partial charge in [0.15, 0.2) is 4.99 Å². The van der Waals surface area contributed by atoms with Gasteiger partial charge in [0.2, 0.25) is 0 Å². The van der Waals surface area contributed by atoms with Crippen LogP contribution in [0, 0.1) is 0 Å². The zero-order valence-electron chi connectivity index (χ0n) is 17.6. The van der Waals surface area contributed by atoms with E-state index in [1.807, 2.05) is 24.3 Å². The van der Waals surface area contributed by atoms with E-state index in [4.69, 9.17) is 14.5 Å². The number of ether oxygens (including phenoxy) is 1. The molecule has 0 spiro atoms. The van der Waals surface area contributed by atoms with Crippen LogP contribution in [0.2, 0.25) is 0 Å². The number of rotatable bonds is 8. The third-order valence-electron chi connectivity index (χ3n) is 4.48. The normalized spacial score (nSPS) is 13.4. The van der Waals surface area contributed by atoms with Crippen molar-refractivity contribution in [2.45, 2.75) is 50.4 Å². The second-order valence-corrected chi connectivity index (χ2v) is 11.7. The smallest absolute Gasteiger partial charge is 0.747 e. The fourth-order valence-electron chi connectivity index (χ4n) is 2.89. The minimum Gasteiger partial charge on any atom is -0.747 e. The number of aryl methyl sites for hydroxylation is 1. The monoisotopic (exact) mass is 480 g/mol. The summed E-state index contributed by atoms with van der Waals surface area (Å²) in [7, 11) is -10.1. The van der Waals surface area contributed by atoms with Gasteiger partial charge in [-0.15, -0.1) is 0 Å². The van der Waals surface area contributed by atoms with Crippen LogP contribution in [0.3, 0.4) is 0 Å². The molecular weight excluding hydrogens is 454 g/mol. The number of benzene rings is 2. The maximum atomic E-state index is 11.3. The molecule has 0 aliphatic heterocycles. The van der Waals surface area contributed by atoms with Gasteiger partial charge in [0.1, 0.15) is 21.6 Å². The topological polar surface area (TPSA) is 124 Å². The Morgan fingerprint density at radius 1 is 1.07 bits per heavy atom. The molecule has 0 aliphatic carbocycles. The first-order chi connectivity index (χ1) is 13.3. The van der Waals surface area contributed by atoms with Gasteiger partial charge in [0.05, 0.1) is 0 Å². The van der Waals surface area contributed by atoms with Crippen LogP contribution in [-0.4, -0.2) is 27.7 Å². The summed E-state index contributed by atoms with van der Waals surface area (Å²) in [4.78, 5) is 16.0. The molecule has 1 unspecified atom stereocenters. The zero-order chi connectivity index (χ0) is 21.9. The summed E-state index contributed by atoms with van der Waals surface area (Å²) in [6.07, 6.45) is 0.0859. The molecule has 0 fully saturated rings. The van der Waals surface area contributed by atoms with Crippen LogP contribution in [0.1, 0.15) is 44.7 Å². The van der Waals surface area contributed by atoms with Crippen molar-refractivity contribution in [3.63, 3.8) is 0 Å². The van der Waals surface area contributed by atoms with Crippen molar-refractivity contribution in [3.05, 3.63) is 59.7 Å². The van der Waals surface area contributed by atoms with Crippen molar-refractivity contribution in [2.75, 3.05) is 0 Å². The second-order valence-electron chi connectivity index (χ2n) is 7.95. The summed E-state index contributed by atoms with van der Waals surface area (Å²) in [5, 5.41) is 0. The molecule has 30 heavy (non-hydrogen) atoms. The van der Waals surface area contributed by atoms with E-state index in [1.54, 1.807) is 24.3 Å². The van der Waals surface area contributed by atoms with Crippen molar-refractivity contribution in [1.82, 2.24) is 0 Å². The Morgan fingerprint density at radius 2 is 1.67 bits per heavy atom. The molecule has 2 aromatic rings. The molecule has 0 aliphatic rings. The third kappa shape index (κ3) is 8.82. The molecule has 0 saturated carbocycles. The maximum absolute atomic E-state index is 11.3. The standard InChI is InChI=1S/C20H27O7PS.K/c1-20(2,3)16-10-12-17(13-11-16)27-18-8-4-6-15(14-18)7-5-9-19(28(21,22)23)29(24,25)26;/h4,6,8,10-14,19H,5,7,9H2,1-3H3,(H2,21,22,23)(H,24,25,26);/q;+1/p-1. The van der Waals surface area contributed by atoms with Crippen LogP contribution >= 0.6 is 7.60 Å². The van der Waals surface area contributed by atoms with Gasteiger partial charge in [0, 0.05) is 0 Å². The van der Waals surface area contributed by atoms with Crippen molar-refractivity contribution in [1.29, 1.82) is 0 Å². The molecule has 0 saturated heterocycles. The largest absolute Gasteiger partial charge is 1.00 e. The minimum absolute atomic E-state index is 0. The van der Waals surface area contributed by atoms with Gasteiger partial charge in [-0.3, -0.25) is 4.57 Å². The Bertz CT molecular complexity index is 979. The first-order valence-electron chi connectivity index (χ1n) is 9.14. The van der Waals surface area contributed by atoms with Crippen LogP contribution in [0.4, 0.5) is 0 Å². The summed E-state index contributed by atoms with van der Waals surface area (Å²) >= 11 is 0. The molecule has 1 atom stereocenters. The summed E-state index contributed by atoms with van der Waals surface area (Å²) in [5.74, 6) is 1.27. The van der Waals surface area contributed by atoms with Gasteiger partial charge in [0.25, 0.3) is 0 Å². The molecule has 0 amide bonds. The molecule has 10 heteroatoms. The zero-order valence-corrected chi connectivity index (χ0v) is 22.4. The van der Waals surface area contributed by atoms with Crippen molar-refractivity contribution < 1.29 is 83.4 Å². The number of hydrogen-bond acceptors (Lipinski definition) is 5. The molecule has 2 N–H and O–H groups in total. The van der Waals surface area contributed by atoms with E-state index in [0.29, 0.717) is 17.9 Å². The van der Waals surface area contributed by atoms with E-state index >= 15 is 0 Å². The molecule has 160 valence electrons. The average Bonchev–Trinajstić information content (AvgIpc) is 2.56. The molecule has 7 nitrogen and oxygen atoms in total. The van der Waals surface area contributed by atoms with E-state index < -0.39 is 29.1 Å². The van der Waals surface area contributed by atoms with Gasteiger partial charge >= 0.3 is 59.0 Å². The van der Waals surface area contributed by atoms with Gasteiger partial charge in [-0.2, -0.15) is 0 Å². The van der Waals surface area contributed by atoms with Crippen LogP contribution in [0.5, 0.6) is 11.5 Å². The molecule has 2 rings (SSSR count). The van der Waals surface area contributed by atoms with E-state index in [1.165, 1.54) is 5.56 Å². The van der Waals surface area contributed by atoms with E-state index in [0.717, 1.165) is 5.56 Å².